The topological polar surface area (TPSA) is 49.8 Å². The van der Waals surface area contributed by atoms with Crippen molar-refractivity contribution in [2.75, 3.05) is 20.7 Å². The molecule has 0 saturated heterocycles. The predicted molar refractivity (Wildman–Crippen MR) is 66.6 cm³/mol. The van der Waals surface area contributed by atoms with E-state index < -0.39 is 0 Å². The summed E-state index contributed by atoms with van der Waals surface area (Å²) in [6.07, 6.45) is 1.78. The fourth-order valence-electron chi connectivity index (χ4n) is 1.72. The van der Waals surface area contributed by atoms with Gasteiger partial charge in [0.2, 0.25) is 0 Å². The molecular formula is C12H17NO3S. The Balaban J connectivity index is 1.93. The molecule has 1 aliphatic rings. The molecule has 1 N–H and O–H groups in total. The molecule has 2 rings (SSSR count). The van der Waals surface area contributed by atoms with Crippen LogP contribution in [0.2, 0.25) is 0 Å². The quantitative estimate of drug-likeness (QED) is 0.869. The largest absolute Gasteiger partial charge is 0.496 e. The van der Waals surface area contributed by atoms with Crippen molar-refractivity contribution in [2.45, 2.75) is 18.9 Å². The molecule has 1 atom stereocenters. The molecule has 1 aromatic rings. The number of ether oxygens (including phenoxy) is 1. The molecule has 1 aliphatic carbocycles. The molecule has 1 saturated carbocycles. The van der Waals surface area contributed by atoms with Gasteiger partial charge in [-0.15, -0.1) is 11.3 Å². The molecule has 94 valence electrons. The first-order valence-electron chi connectivity index (χ1n) is 5.68. The minimum Gasteiger partial charge on any atom is -0.496 e. The van der Waals surface area contributed by atoms with Gasteiger partial charge in [-0.25, -0.2) is 0 Å². The summed E-state index contributed by atoms with van der Waals surface area (Å²) in [7, 11) is 3.30. The normalized spacial score (nSPS) is 16.6. The number of carbonyl (C=O) groups excluding carboxylic acids is 1. The fraction of sp³-hybridized carbons (Fsp3) is 0.583. The summed E-state index contributed by atoms with van der Waals surface area (Å²) in [6.45, 7) is 0.406. The number of methoxy groups -OCH3 is 1. The van der Waals surface area contributed by atoms with Crippen LogP contribution < -0.4 is 4.74 Å². The minimum atomic E-state index is -0.384. The third kappa shape index (κ3) is 2.98. The van der Waals surface area contributed by atoms with Crippen LogP contribution >= 0.6 is 11.3 Å². The summed E-state index contributed by atoms with van der Waals surface area (Å²) >= 11 is 1.36. The lowest BCUT2D eigenvalue weighted by Crippen LogP contribution is -2.34. The molecule has 0 spiro atoms. The number of nitrogens with zero attached hydrogens (tertiary/aromatic N) is 1. The second-order valence-corrected chi connectivity index (χ2v) is 5.35. The number of aliphatic hydroxyl groups is 1. The Kier molecular flexibility index (Phi) is 3.69. The molecule has 1 aromatic heterocycles. The van der Waals surface area contributed by atoms with Gasteiger partial charge in [0, 0.05) is 25.0 Å². The van der Waals surface area contributed by atoms with Gasteiger partial charge in [-0.1, -0.05) is 0 Å². The van der Waals surface area contributed by atoms with Crippen LogP contribution in [0.15, 0.2) is 11.4 Å². The number of hydrogen-bond donors (Lipinski definition) is 1. The van der Waals surface area contributed by atoms with E-state index in [2.05, 4.69) is 0 Å². The Morgan fingerprint density at radius 3 is 2.94 bits per heavy atom. The number of hydrogen-bond acceptors (Lipinski definition) is 4. The molecule has 5 heteroatoms. The van der Waals surface area contributed by atoms with Crippen molar-refractivity contribution in [1.29, 1.82) is 0 Å². The standard InChI is InChI=1S/C12H17NO3S/c1-13(6-10(14)8-3-4-8)12(15)11-5-9(16-2)7-17-11/h5,7-8,10,14H,3-4,6H2,1-2H3. The fourth-order valence-corrected chi connectivity index (χ4v) is 2.57. The molecule has 1 amide bonds. The van der Waals surface area contributed by atoms with Gasteiger partial charge < -0.3 is 14.7 Å². The molecule has 17 heavy (non-hydrogen) atoms. The van der Waals surface area contributed by atoms with E-state index in [9.17, 15) is 9.90 Å². The Morgan fingerprint density at radius 1 is 1.71 bits per heavy atom. The highest BCUT2D eigenvalue weighted by molar-refractivity contribution is 7.12. The Bertz CT molecular complexity index is 400. The van der Waals surface area contributed by atoms with Crippen LogP contribution in [0, 0.1) is 5.92 Å². The van der Waals surface area contributed by atoms with Gasteiger partial charge in [0.05, 0.1) is 18.1 Å². The molecule has 0 radical (unpaired) electrons. The van der Waals surface area contributed by atoms with Crippen LogP contribution in [0.5, 0.6) is 5.75 Å². The van der Waals surface area contributed by atoms with Crippen LogP contribution in [0.1, 0.15) is 22.5 Å². The highest BCUT2D eigenvalue weighted by Crippen LogP contribution is 2.33. The molecule has 0 aliphatic heterocycles. The molecule has 1 unspecified atom stereocenters. The average Bonchev–Trinajstić information content (AvgIpc) is 3.06. The van der Waals surface area contributed by atoms with Crippen LogP contribution in [-0.2, 0) is 0 Å². The molecule has 1 fully saturated rings. The average molecular weight is 255 g/mol. The Labute approximate surface area is 105 Å². The number of likely N-dealkylation sites (N-methyl/N-ethyl adjacent to an activating group) is 1. The first-order valence-corrected chi connectivity index (χ1v) is 6.56. The maximum Gasteiger partial charge on any atom is 0.263 e. The van der Waals surface area contributed by atoms with E-state index in [1.54, 1.807) is 30.5 Å². The van der Waals surface area contributed by atoms with Crippen molar-refractivity contribution in [3.63, 3.8) is 0 Å². The predicted octanol–water partition coefficient (Wildman–Crippen LogP) is 1.60. The van der Waals surface area contributed by atoms with Crippen LogP contribution in [0.25, 0.3) is 0 Å². The van der Waals surface area contributed by atoms with Crippen molar-refractivity contribution < 1.29 is 14.6 Å². The molecular weight excluding hydrogens is 238 g/mol. The summed E-state index contributed by atoms with van der Waals surface area (Å²) < 4.78 is 5.04. The number of carbonyl (C=O) groups is 1. The zero-order valence-corrected chi connectivity index (χ0v) is 10.9. The smallest absolute Gasteiger partial charge is 0.263 e. The van der Waals surface area contributed by atoms with Gasteiger partial charge >= 0.3 is 0 Å². The van der Waals surface area contributed by atoms with Crippen LogP contribution in [0.3, 0.4) is 0 Å². The maximum atomic E-state index is 12.0. The van der Waals surface area contributed by atoms with Crippen molar-refractivity contribution in [2.24, 2.45) is 5.92 Å². The van der Waals surface area contributed by atoms with Gasteiger partial charge in [-0.2, -0.15) is 0 Å². The van der Waals surface area contributed by atoms with Gasteiger partial charge in [0.1, 0.15) is 5.75 Å². The van der Waals surface area contributed by atoms with Crippen LogP contribution in [0.4, 0.5) is 0 Å². The third-order valence-electron chi connectivity index (χ3n) is 3.00. The summed E-state index contributed by atoms with van der Waals surface area (Å²) in [5.74, 6) is 1.04. The van der Waals surface area contributed by atoms with Crippen molar-refractivity contribution in [3.05, 3.63) is 16.3 Å². The maximum absolute atomic E-state index is 12.0. The highest BCUT2D eigenvalue weighted by Gasteiger charge is 2.31. The first-order chi connectivity index (χ1) is 8.11. The Morgan fingerprint density at radius 2 is 2.41 bits per heavy atom. The van der Waals surface area contributed by atoms with E-state index in [1.165, 1.54) is 11.3 Å². The highest BCUT2D eigenvalue weighted by atomic mass is 32.1. The summed E-state index contributed by atoms with van der Waals surface area (Å²) in [6, 6.07) is 1.73. The van der Waals surface area contributed by atoms with Gasteiger partial charge in [0.25, 0.3) is 5.91 Å². The first kappa shape index (κ1) is 12.4. The molecule has 1 heterocycles. The van der Waals surface area contributed by atoms with E-state index in [0.717, 1.165) is 12.8 Å². The van der Waals surface area contributed by atoms with Gasteiger partial charge in [-0.3, -0.25) is 4.79 Å². The summed E-state index contributed by atoms with van der Waals surface area (Å²) in [5, 5.41) is 11.6. The molecule has 4 nitrogen and oxygen atoms in total. The van der Waals surface area contributed by atoms with Crippen LogP contribution in [-0.4, -0.2) is 42.7 Å². The monoisotopic (exact) mass is 255 g/mol. The lowest BCUT2D eigenvalue weighted by atomic mass is 10.2. The van der Waals surface area contributed by atoms with E-state index in [0.29, 0.717) is 23.1 Å². The van der Waals surface area contributed by atoms with E-state index in [4.69, 9.17) is 4.74 Å². The van der Waals surface area contributed by atoms with E-state index in [-0.39, 0.29) is 12.0 Å². The Hall–Kier alpha value is -1.07. The van der Waals surface area contributed by atoms with E-state index in [1.807, 2.05) is 0 Å². The summed E-state index contributed by atoms with van der Waals surface area (Å²) in [4.78, 5) is 14.2. The molecule has 0 bridgehead atoms. The lowest BCUT2D eigenvalue weighted by molar-refractivity contribution is 0.0649. The zero-order valence-electron chi connectivity index (χ0n) is 10.0. The number of amides is 1. The zero-order chi connectivity index (χ0) is 12.4. The minimum absolute atomic E-state index is 0.0574. The second kappa shape index (κ2) is 5.06. The third-order valence-corrected chi connectivity index (χ3v) is 3.89. The number of aliphatic hydroxyl groups excluding tert-OH is 1. The van der Waals surface area contributed by atoms with Crippen molar-refractivity contribution >= 4 is 17.2 Å². The van der Waals surface area contributed by atoms with Gasteiger partial charge in [0.15, 0.2) is 0 Å². The molecule has 0 aromatic carbocycles. The van der Waals surface area contributed by atoms with Crippen molar-refractivity contribution in [3.8, 4) is 5.75 Å². The summed E-state index contributed by atoms with van der Waals surface area (Å²) in [5.41, 5.74) is 0. The number of thiophene rings is 1. The van der Waals surface area contributed by atoms with E-state index >= 15 is 0 Å². The lowest BCUT2D eigenvalue weighted by Gasteiger charge is -2.19. The number of rotatable bonds is 5. The second-order valence-electron chi connectivity index (χ2n) is 4.44. The SMILES string of the molecule is COc1csc(C(=O)N(C)CC(O)C2CC2)c1. The van der Waals surface area contributed by atoms with Gasteiger partial charge in [-0.05, 0) is 18.8 Å². The van der Waals surface area contributed by atoms with Crippen molar-refractivity contribution in [1.82, 2.24) is 4.90 Å².